The number of thiocarbonyl (C=S) groups is 1. The average Bonchev–Trinajstić information content (AvgIpc) is 2.72. The molecule has 2 fully saturated rings. The van der Waals surface area contributed by atoms with Crippen molar-refractivity contribution in [2.24, 2.45) is 22.5 Å². The zero-order chi connectivity index (χ0) is 14.5. The van der Waals surface area contributed by atoms with Crippen LogP contribution in [0.1, 0.15) is 45.6 Å². The average molecular weight is 289 g/mol. The number of benzene rings is 1. The summed E-state index contributed by atoms with van der Waals surface area (Å²) < 4.78 is 6.30. The predicted molar refractivity (Wildman–Crippen MR) is 86.0 cm³/mol. The maximum absolute atomic E-state index is 6.30. The number of hydrogen-bond acceptors (Lipinski definition) is 2. The van der Waals surface area contributed by atoms with E-state index in [9.17, 15) is 0 Å². The van der Waals surface area contributed by atoms with E-state index in [0.717, 1.165) is 17.2 Å². The molecule has 0 radical (unpaired) electrons. The van der Waals surface area contributed by atoms with Crippen LogP contribution in [0.4, 0.5) is 0 Å². The van der Waals surface area contributed by atoms with Crippen LogP contribution in [-0.4, -0.2) is 11.1 Å². The minimum atomic E-state index is 0.291. The number of ether oxygens (including phenoxy) is 1. The third-order valence-electron chi connectivity index (χ3n) is 6.13. The van der Waals surface area contributed by atoms with Gasteiger partial charge >= 0.3 is 0 Å². The molecule has 2 nitrogen and oxygen atoms in total. The van der Waals surface area contributed by atoms with Gasteiger partial charge in [-0.1, -0.05) is 33.0 Å². The van der Waals surface area contributed by atoms with Gasteiger partial charge < -0.3 is 10.5 Å². The quantitative estimate of drug-likeness (QED) is 0.857. The molecule has 1 aromatic rings. The van der Waals surface area contributed by atoms with Gasteiger partial charge in [0.05, 0.1) is 0 Å². The standard InChI is InChI=1S/C17H23NOS/c1-16(2)12-8-9-17(16,3)14(10-12)19-13-6-4-11(5-7-13)15(18)20/h4-7,12,14H,8-10H2,1-3H3,(H2,18,20). The maximum Gasteiger partial charge on any atom is 0.119 e. The molecule has 0 aliphatic heterocycles. The molecule has 2 saturated carbocycles. The summed E-state index contributed by atoms with van der Waals surface area (Å²) in [5.74, 6) is 1.73. The lowest BCUT2D eigenvalue weighted by Gasteiger charge is -2.38. The lowest BCUT2D eigenvalue weighted by atomic mass is 9.70. The molecule has 2 aliphatic rings. The lowest BCUT2D eigenvalue weighted by Crippen LogP contribution is -2.38. The lowest BCUT2D eigenvalue weighted by molar-refractivity contribution is 0.0302. The number of rotatable bonds is 3. The van der Waals surface area contributed by atoms with Gasteiger partial charge in [-0.15, -0.1) is 0 Å². The third kappa shape index (κ3) is 1.86. The van der Waals surface area contributed by atoms with Crippen molar-refractivity contribution in [2.75, 3.05) is 0 Å². The fourth-order valence-corrected chi connectivity index (χ4v) is 4.31. The van der Waals surface area contributed by atoms with E-state index < -0.39 is 0 Å². The van der Waals surface area contributed by atoms with Crippen molar-refractivity contribution < 1.29 is 4.74 Å². The van der Waals surface area contributed by atoms with E-state index in [0.29, 0.717) is 21.9 Å². The minimum Gasteiger partial charge on any atom is -0.490 e. The fourth-order valence-electron chi connectivity index (χ4n) is 4.17. The summed E-state index contributed by atoms with van der Waals surface area (Å²) in [6.45, 7) is 7.21. The van der Waals surface area contributed by atoms with E-state index in [1.165, 1.54) is 19.3 Å². The highest BCUT2D eigenvalue weighted by Gasteiger charge is 2.62. The van der Waals surface area contributed by atoms with E-state index in [1.54, 1.807) is 0 Å². The van der Waals surface area contributed by atoms with Crippen LogP contribution in [0.25, 0.3) is 0 Å². The molecule has 3 rings (SSSR count). The van der Waals surface area contributed by atoms with Crippen LogP contribution in [0.15, 0.2) is 24.3 Å². The first-order chi connectivity index (χ1) is 9.34. The first kappa shape index (κ1) is 13.9. The van der Waals surface area contributed by atoms with Crippen LogP contribution in [0.2, 0.25) is 0 Å². The van der Waals surface area contributed by atoms with Gasteiger partial charge in [0.2, 0.25) is 0 Å². The maximum atomic E-state index is 6.30. The zero-order valence-electron chi connectivity index (χ0n) is 12.5. The number of hydrogen-bond donors (Lipinski definition) is 1. The molecule has 2 N–H and O–H groups in total. The van der Waals surface area contributed by atoms with Gasteiger partial charge in [0.25, 0.3) is 0 Å². The van der Waals surface area contributed by atoms with Gasteiger partial charge in [0.1, 0.15) is 16.8 Å². The summed E-state index contributed by atoms with van der Waals surface area (Å²) in [5, 5.41) is 0. The summed E-state index contributed by atoms with van der Waals surface area (Å²) >= 11 is 4.98. The minimum absolute atomic E-state index is 0.291. The van der Waals surface area contributed by atoms with Crippen LogP contribution >= 0.6 is 12.2 Å². The van der Waals surface area contributed by atoms with E-state index in [2.05, 4.69) is 20.8 Å². The van der Waals surface area contributed by atoms with Crippen molar-refractivity contribution in [3.8, 4) is 5.75 Å². The molecule has 3 unspecified atom stereocenters. The van der Waals surface area contributed by atoms with Crippen LogP contribution < -0.4 is 10.5 Å². The van der Waals surface area contributed by atoms with Gasteiger partial charge in [-0.2, -0.15) is 0 Å². The summed E-state index contributed by atoms with van der Waals surface area (Å²) in [6.07, 6.45) is 4.14. The molecule has 0 spiro atoms. The van der Waals surface area contributed by atoms with Gasteiger partial charge in [-0.05, 0) is 54.9 Å². The molecule has 0 aromatic heterocycles. The molecular formula is C17H23NOS. The Morgan fingerprint density at radius 2 is 1.90 bits per heavy atom. The highest BCUT2D eigenvalue weighted by molar-refractivity contribution is 7.80. The Kier molecular flexibility index (Phi) is 3.09. The van der Waals surface area contributed by atoms with Crippen molar-refractivity contribution in [3.05, 3.63) is 29.8 Å². The smallest absolute Gasteiger partial charge is 0.119 e. The number of nitrogens with two attached hydrogens (primary N) is 1. The van der Waals surface area contributed by atoms with Crippen LogP contribution in [-0.2, 0) is 0 Å². The summed E-state index contributed by atoms with van der Waals surface area (Å²) in [4.78, 5) is 0.435. The van der Waals surface area contributed by atoms with Crippen LogP contribution in [0.5, 0.6) is 5.75 Å². The molecule has 0 heterocycles. The Morgan fingerprint density at radius 3 is 2.35 bits per heavy atom. The zero-order valence-corrected chi connectivity index (χ0v) is 13.3. The highest BCUT2D eigenvalue weighted by Crippen LogP contribution is 2.66. The van der Waals surface area contributed by atoms with Gasteiger partial charge in [0.15, 0.2) is 0 Å². The van der Waals surface area contributed by atoms with Crippen molar-refractivity contribution >= 4 is 17.2 Å². The van der Waals surface area contributed by atoms with Crippen LogP contribution in [0.3, 0.4) is 0 Å². The Labute approximate surface area is 126 Å². The first-order valence-electron chi connectivity index (χ1n) is 7.41. The molecule has 0 amide bonds. The van der Waals surface area contributed by atoms with Crippen molar-refractivity contribution in [2.45, 2.75) is 46.1 Å². The highest BCUT2D eigenvalue weighted by atomic mass is 32.1. The molecule has 2 bridgehead atoms. The van der Waals surface area contributed by atoms with Gasteiger partial charge in [-0.25, -0.2) is 0 Å². The number of fused-ring (bicyclic) bond motifs is 2. The van der Waals surface area contributed by atoms with Gasteiger partial charge in [0, 0.05) is 11.0 Å². The molecule has 2 aliphatic carbocycles. The summed E-state index contributed by atoms with van der Waals surface area (Å²) in [5.41, 5.74) is 7.20. The Bertz CT molecular complexity index is 536. The van der Waals surface area contributed by atoms with Crippen molar-refractivity contribution in [3.63, 3.8) is 0 Å². The monoisotopic (exact) mass is 289 g/mol. The Morgan fingerprint density at radius 1 is 1.25 bits per heavy atom. The topological polar surface area (TPSA) is 35.2 Å². The van der Waals surface area contributed by atoms with Crippen LogP contribution in [0, 0.1) is 16.7 Å². The Balaban J connectivity index is 1.78. The molecule has 1 aromatic carbocycles. The van der Waals surface area contributed by atoms with E-state index in [4.69, 9.17) is 22.7 Å². The predicted octanol–water partition coefficient (Wildman–Crippen LogP) is 3.91. The second kappa shape index (κ2) is 4.45. The molecule has 3 atom stereocenters. The molecule has 3 heteroatoms. The fraction of sp³-hybridized carbons (Fsp3) is 0.588. The third-order valence-corrected chi connectivity index (χ3v) is 6.37. The van der Waals surface area contributed by atoms with E-state index in [-0.39, 0.29) is 0 Å². The molecule has 0 saturated heterocycles. The largest absolute Gasteiger partial charge is 0.490 e. The second-order valence-corrected chi connectivity index (χ2v) is 7.55. The van der Waals surface area contributed by atoms with E-state index >= 15 is 0 Å². The summed E-state index contributed by atoms with van der Waals surface area (Å²) in [6, 6.07) is 7.85. The molecule has 108 valence electrons. The molecule has 20 heavy (non-hydrogen) atoms. The second-order valence-electron chi connectivity index (χ2n) is 7.11. The van der Waals surface area contributed by atoms with Crippen molar-refractivity contribution in [1.82, 2.24) is 0 Å². The Hall–Kier alpha value is -1.09. The molecular weight excluding hydrogens is 266 g/mol. The SMILES string of the molecule is CC1(C)C2CCC1(C)C(Oc1ccc(C(N)=S)cc1)C2. The first-order valence-corrected chi connectivity index (χ1v) is 7.82. The van der Waals surface area contributed by atoms with E-state index in [1.807, 2.05) is 24.3 Å². The summed E-state index contributed by atoms with van der Waals surface area (Å²) in [7, 11) is 0. The normalized spacial score (nSPS) is 34.1. The van der Waals surface area contributed by atoms with Gasteiger partial charge in [-0.3, -0.25) is 0 Å². The van der Waals surface area contributed by atoms with Crippen molar-refractivity contribution in [1.29, 1.82) is 0 Å².